The summed E-state index contributed by atoms with van der Waals surface area (Å²) < 4.78 is 0. The van der Waals surface area contributed by atoms with Gasteiger partial charge in [0.1, 0.15) is 0 Å². The zero-order valence-electron chi connectivity index (χ0n) is 10.9. The third-order valence-corrected chi connectivity index (χ3v) is 3.60. The van der Waals surface area contributed by atoms with Crippen molar-refractivity contribution in [1.29, 1.82) is 0 Å². The van der Waals surface area contributed by atoms with Crippen molar-refractivity contribution < 1.29 is 0 Å². The lowest BCUT2D eigenvalue weighted by molar-refractivity contribution is 1.43. The molecule has 0 aliphatic carbocycles. The van der Waals surface area contributed by atoms with Gasteiger partial charge in [0, 0.05) is 16.3 Å². The molecule has 0 unspecified atom stereocenters. The quantitative estimate of drug-likeness (QED) is 0.442. The van der Waals surface area contributed by atoms with E-state index in [4.69, 9.17) is 4.98 Å². The first-order valence-electron chi connectivity index (χ1n) is 6.67. The highest BCUT2D eigenvalue weighted by Gasteiger charge is 2.08. The molecule has 0 aliphatic rings. The van der Waals surface area contributed by atoms with Crippen LogP contribution in [0.25, 0.3) is 32.9 Å². The van der Waals surface area contributed by atoms with Crippen molar-refractivity contribution in [3.05, 3.63) is 78.9 Å². The third-order valence-electron chi connectivity index (χ3n) is 3.60. The van der Waals surface area contributed by atoms with Crippen molar-refractivity contribution in [2.45, 2.75) is 0 Å². The van der Waals surface area contributed by atoms with Crippen molar-refractivity contribution in [1.82, 2.24) is 4.98 Å². The van der Waals surface area contributed by atoms with Gasteiger partial charge in [0.05, 0.1) is 11.2 Å². The van der Waals surface area contributed by atoms with Crippen LogP contribution in [0.15, 0.2) is 72.8 Å². The number of aromatic nitrogens is 1. The van der Waals surface area contributed by atoms with Gasteiger partial charge in [0.25, 0.3) is 0 Å². The molecule has 4 rings (SSSR count). The smallest absolute Gasteiger partial charge is 0.0788 e. The molecular formula is C19H12N. The molecule has 0 saturated heterocycles. The summed E-state index contributed by atoms with van der Waals surface area (Å²) in [7, 11) is 0. The Morgan fingerprint density at radius 2 is 1.30 bits per heavy atom. The van der Waals surface area contributed by atoms with Crippen molar-refractivity contribution in [2.24, 2.45) is 0 Å². The summed E-state index contributed by atoms with van der Waals surface area (Å²) in [6, 6.07) is 27.8. The average molecular weight is 254 g/mol. The minimum Gasteiger partial charge on any atom is -0.247 e. The first-order valence-corrected chi connectivity index (χ1v) is 6.67. The summed E-state index contributed by atoms with van der Waals surface area (Å²) in [5, 5.41) is 3.65. The highest BCUT2D eigenvalue weighted by molar-refractivity contribution is 6.10. The molecule has 3 aromatic carbocycles. The number of para-hydroxylation sites is 1. The molecule has 1 radical (unpaired) electrons. The fourth-order valence-electron chi connectivity index (χ4n) is 2.67. The summed E-state index contributed by atoms with van der Waals surface area (Å²) >= 11 is 0. The molecule has 0 aliphatic heterocycles. The maximum absolute atomic E-state index is 4.86. The van der Waals surface area contributed by atoms with Gasteiger partial charge in [0.2, 0.25) is 0 Å². The molecule has 4 aromatic rings. The first kappa shape index (κ1) is 11.2. The van der Waals surface area contributed by atoms with Crippen LogP contribution in [0.2, 0.25) is 0 Å². The Morgan fingerprint density at radius 1 is 0.650 bits per heavy atom. The van der Waals surface area contributed by atoms with E-state index >= 15 is 0 Å². The van der Waals surface area contributed by atoms with E-state index in [1.807, 2.05) is 18.2 Å². The van der Waals surface area contributed by atoms with Gasteiger partial charge in [-0.3, -0.25) is 0 Å². The zero-order valence-corrected chi connectivity index (χ0v) is 10.9. The van der Waals surface area contributed by atoms with E-state index in [1.165, 1.54) is 16.2 Å². The summed E-state index contributed by atoms with van der Waals surface area (Å²) in [4.78, 5) is 4.86. The van der Waals surface area contributed by atoms with Gasteiger partial charge in [-0.15, -0.1) is 0 Å². The van der Waals surface area contributed by atoms with E-state index in [1.54, 1.807) is 0 Å². The number of benzene rings is 3. The van der Waals surface area contributed by atoms with Crippen LogP contribution in [0.1, 0.15) is 0 Å². The topological polar surface area (TPSA) is 12.9 Å². The Labute approximate surface area is 117 Å². The number of hydrogen-bond donors (Lipinski definition) is 0. The van der Waals surface area contributed by atoms with Crippen LogP contribution in [0.3, 0.4) is 0 Å². The second-order valence-corrected chi connectivity index (χ2v) is 4.81. The highest BCUT2D eigenvalue weighted by Crippen LogP contribution is 2.31. The Morgan fingerprint density at radius 3 is 2.10 bits per heavy atom. The number of fused-ring (bicyclic) bond motifs is 3. The average Bonchev–Trinajstić information content (AvgIpc) is 2.55. The van der Waals surface area contributed by atoms with Crippen LogP contribution in [0.4, 0.5) is 0 Å². The number of hydrogen-bond acceptors (Lipinski definition) is 1. The van der Waals surface area contributed by atoms with Gasteiger partial charge < -0.3 is 0 Å². The van der Waals surface area contributed by atoms with E-state index in [0.717, 1.165) is 16.8 Å². The second kappa shape index (κ2) is 4.46. The molecular weight excluding hydrogens is 242 g/mol. The molecule has 1 aromatic heterocycles. The maximum atomic E-state index is 4.86. The zero-order chi connectivity index (χ0) is 13.4. The molecule has 93 valence electrons. The van der Waals surface area contributed by atoms with Crippen LogP contribution in [0, 0.1) is 6.07 Å². The number of pyridine rings is 1. The first-order chi connectivity index (χ1) is 9.93. The van der Waals surface area contributed by atoms with Gasteiger partial charge in [-0.05, 0) is 17.5 Å². The minimum atomic E-state index is 1.04. The second-order valence-electron chi connectivity index (χ2n) is 4.81. The normalized spacial score (nSPS) is 11.0. The molecule has 20 heavy (non-hydrogen) atoms. The summed E-state index contributed by atoms with van der Waals surface area (Å²) in [5.74, 6) is 0. The Hall–Kier alpha value is -2.67. The SMILES string of the molecule is [c]1ccc(-c2nc3ccccc3c3ccccc23)cc1. The standard InChI is InChI=1S/C19H12N/c1-2-8-14(9-3-1)19-17-12-5-4-10-15(17)16-11-6-7-13-18(16)20-19/h2-13H. The lowest BCUT2D eigenvalue weighted by Crippen LogP contribution is -1.89. The maximum Gasteiger partial charge on any atom is 0.0788 e. The number of rotatable bonds is 1. The summed E-state index contributed by atoms with van der Waals surface area (Å²) in [6.07, 6.45) is 0. The predicted molar refractivity (Wildman–Crippen MR) is 83.5 cm³/mol. The summed E-state index contributed by atoms with van der Waals surface area (Å²) in [6.45, 7) is 0. The van der Waals surface area contributed by atoms with Crippen molar-refractivity contribution >= 4 is 21.7 Å². The fraction of sp³-hybridized carbons (Fsp3) is 0. The van der Waals surface area contributed by atoms with Gasteiger partial charge >= 0.3 is 0 Å². The Balaban J connectivity index is 2.19. The highest BCUT2D eigenvalue weighted by atomic mass is 14.7. The molecule has 1 nitrogen and oxygen atoms in total. The Bertz CT molecular complexity index is 895. The molecule has 0 bridgehead atoms. The lowest BCUT2D eigenvalue weighted by Gasteiger charge is -2.09. The van der Waals surface area contributed by atoms with E-state index in [0.29, 0.717) is 0 Å². The minimum absolute atomic E-state index is 1.04. The molecule has 0 spiro atoms. The fourth-order valence-corrected chi connectivity index (χ4v) is 2.67. The van der Waals surface area contributed by atoms with E-state index in [9.17, 15) is 0 Å². The van der Waals surface area contributed by atoms with Gasteiger partial charge in [-0.25, -0.2) is 4.98 Å². The molecule has 1 heteroatoms. The van der Waals surface area contributed by atoms with Crippen LogP contribution in [-0.2, 0) is 0 Å². The number of nitrogens with zero attached hydrogens (tertiary/aromatic N) is 1. The molecule has 0 atom stereocenters. The molecule has 0 N–H and O–H groups in total. The van der Waals surface area contributed by atoms with Gasteiger partial charge in [0.15, 0.2) is 0 Å². The largest absolute Gasteiger partial charge is 0.247 e. The van der Waals surface area contributed by atoms with Crippen molar-refractivity contribution in [3.8, 4) is 11.3 Å². The van der Waals surface area contributed by atoms with E-state index < -0.39 is 0 Å². The monoisotopic (exact) mass is 254 g/mol. The lowest BCUT2D eigenvalue weighted by atomic mass is 10.0. The van der Waals surface area contributed by atoms with Crippen molar-refractivity contribution in [3.63, 3.8) is 0 Å². The summed E-state index contributed by atoms with van der Waals surface area (Å²) in [5.41, 5.74) is 3.20. The van der Waals surface area contributed by atoms with Crippen LogP contribution in [-0.4, -0.2) is 4.98 Å². The molecule has 0 amide bonds. The Kier molecular flexibility index (Phi) is 2.49. The third kappa shape index (κ3) is 1.68. The predicted octanol–water partition coefficient (Wildman–Crippen LogP) is 4.86. The van der Waals surface area contributed by atoms with Gasteiger partial charge in [-0.2, -0.15) is 0 Å². The van der Waals surface area contributed by atoms with Crippen molar-refractivity contribution in [2.75, 3.05) is 0 Å². The van der Waals surface area contributed by atoms with Gasteiger partial charge in [-0.1, -0.05) is 66.7 Å². The van der Waals surface area contributed by atoms with E-state index in [2.05, 4.69) is 60.7 Å². The molecule has 0 fully saturated rings. The molecule has 0 saturated carbocycles. The van der Waals surface area contributed by atoms with Crippen LogP contribution in [0.5, 0.6) is 0 Å². The molecule has 1 heterocycles. The van der Waals surface area contributed by atoms with Crippen LogP contribution >= 0.6 is 0 Å². The van der Waals surface area contributed by atoms with E-state index in [-0.39, 0.29) is 0 Å². The van der Waals surface area contributed by atoms with Crippen LogP contribution < -0.4 is 0 Å².